The number of rotatable bonds is 2. The van der Waals surface area contributed by atoms with Crippen LogP contribution >= 0.6 is 67.8 Å². The van der Waals surface area contributed by atoms with Gasteiger partial charge in [0.25, 0.3) is 5.69 Å². The number of nitro groups is 1. The summed E-state index contributed by atoms with van der Waals surface area (Å²) in [5.41, 5.74) is 1.14. The van der Waals surface area contributed by atoms with Crippen molar-refractivity contribution in [1.29, 1.82) is 0 Å². The summed E-state index contributed by atoms with van der Waals surface area (Å²) >= 11 is 6.66. The first-order valence-electron chi connectivity index (χ1n) is 3.48. The van der Waals surface area contributed by atoms with Crippen LogP contribution in [0, 0.1) is 10.1 Å². The Bertz CT molecular complexity index is 382. The highest BCUT2D eigenvalue weighted by atomic mass is 127. The lowest BCUT2D eigenvalue weighted by molar-refractivity contribution is -0.384. The van der Waals surface area contributed by atoms with E-state index in [2.05, 4.69) is 67.8 Å². The molecule has 3 nitrogen and oxygen atoms in total. The fourth-order valence-corrected chi connectivity index (χ4v) is 1.82. The first-order chi connectivity index (χ1) is 6.52. The van der Waals surface area contributed by atoms with Crippen LogP contribution in [0.2, 0.25) is 0 Å². The molecular formula is C8H4I3NO2. The lowest BCUT2D eigenvalue weighted by atomic mass is 10.2. The summed E-state index contributed by atoms with van der Waals surface area (Å²) in [6.07, 6.45) is 0. The fraction of sp³-hybridized carbons (Fsp3) is 0. The molecule has 0 saturated carbocycles. The number of nitro benzene ring substituents is 1. The molecule has 74 valence electrons. The van der Waals surface area contributed by atoms with E-state index in [-0.39, 0.29) is 5.69 Å². The fourth-order valence-electron chi connectivity index (χ4n) is 0.839. The quantitative estimate of drug-likeness (QED) is 0.323. The van der Waals surface area contributed by atoms with Gasteiger partial charge in [0.2, 0.25) is 0 Å². The van der Waals surface area contributed by atoms with Gasteiger partial charge in [0.15, 0.2) is 0 Å². The summed E-state index contributed by atoms with van der Waals surface area (Å²) in [7, 11) is 0. The smallest absolute Gasteiger partial charge is 0.258 e. The van der Waals surface area contributed by atoms with Crippen LogP contribution in [0.15, 0.2) is 25.9 Å². The van der Waals surface area contributed by atoms with Gasteiger partial charge in [0.05, 0.1) is 6.51 Å². The SMILES string of the molecule is O=[N+]([O-])c1ccc(C(I)=C(I)I)cc1. The Balaban J connectivity index is 3.06. The zero-order chi connectivity index (χ0) is 10.7. The largest absolute Gasteiger partial charge is 0.269 e. The van der Waals surface area contributed by atoms with Crippen LogP contribution in [0.5, 0.6) is 0 Å². The van der Waals surface area contributed by atoms with Gasteiger partial charge in [-0.2, -0.15) is 0 Å². The molecule has 0 heterocycles. The summed E-state index contributed by atoms with van der Waals surface area (Å²) in [5, 5.41) is 10.4. The molecule has 0 N–H and O–H groups in total. The molecule has 1 rings (SSSR count). The Morgan fingerprint density at radius 1 is 1.14 bits per heavy atom. The number of hydrogen-bond donors (Lipinski definition) is 0. The van der Waals surface area contributed by atoms with E-state index in [0.717, 1.165) is 10.7 Å². The average molecular weight is 527 g/mol. The van der Waals surface area contributed by atoms with E-state index in [4.69, 9.17) is 0 Å². The molecule has 0 aliphatic heterocycles. The topological polar surface area (TPSA) is 43.1 Å². The maximum Gasteiger partial charge on any atom is 0.269 e. The van der Waals surface area contributed by atoms with Gasteiger partial charge in [-0.25, -0.2) is 0 Å². The molecule has 0 radical (unpaired) electrons. The molecule has 0 saturated heterocycles. The third-order valence-electron chi connectivity index (χ3n) is 1.50. The number of hydrogen-bond acceptors (Lipinski definition) is 2. The van der Waals surface area contributed by atoms with E-state index in [9.17, 15) is 10.1 Å². The molecule has 0 aromatic heterocycles. The highest BCUT2D eigenvalue weighted by molar-refractivity contribution is 14.2. The zero-order valence-corrected chi connectivity index (χ0v) is 13.2. The van der Waals surface area contributed by atoms with Crippen molar-refractivity contribution in [3.63, 3.8) is 0 Å². The predicted octanol–water partition coefficient (Wildman–Crippen LogP) is 4.53. The highest BCUT2D eigenvalue weighted by Crippen LogP contribution is 2.33. The second-order valence-electron chi connectivity index (χ2n) is 2.38. The Kier molecular flexibility index (Phi) is 5.03. The van der Waals surface area contributed by atoms with Gasteiger partial charge >= 0.3 is 0 Å². The summed E-state index contributed by atoms with van der Waals surface area (Å²) in [4.78, 5) is 10.0. The summed E-state index contributed by atoms with van der Waals surface area (Å²) in [5.74, 6) is 0. The molecule has 6 heteroatoms. The second-order valence-corrected chi connectivity index (χ2v) is 7.68. The van der Waals surface area contributed by atoms with E-state index in [1.807, 2.05) is 0 Å². The van der Waals surface area contributed by atoms with E-state index in [1.165, 1.54) is 12.1 Å². The number of halogens is 3. The van der Waals surface area contributed by atoms with Crippen LogP contribution in [0.1, 0.15) is 5.56 Å². The van der Waals surface area contributed by atoms with Crippen molar-refractivity contribution in [1.82, 2.24) is 0 Å². The minimum atomic E-state index is -0.393. The van der Waals surface area contributed by atoms with Crippen LogP contribution in [0.3, 0.4) is 0 Å². The van der Waals surface area contributed by atoms with Gasteiger partial charge < -0.3 is 0 Å². The Hall–Kier alpha value is 0.550. The highest BCUT2D eigenvalue weighted by Gasteiger charge is 2.06. The second kappa shape index (κ2) is 5.58. The Morgan fingerprint density at radius 2 is 1.64 bits per heavy atom. The van der Waals surface area contributed by atoms with E-state index < -0.39 is 4.92 Å². The van der Waals surface area contributed by atoms with Gasteiger partial charge in [-0.1, -0.05) is 0 Å². The van der Waals surface area contributed by atoms with Crippen molar-refractivity contribution in [2.24, 2.45) is 0 Å². The molecule has 0 amide bonds. The number of benzene rings is 1. The minimum absolute atomic E-state index is 0.126. The molecule has 0 unspecified atom stereocenters. The minimum Gasteiger partial charge on any atom is -0.258 e. The van der Waals surface area contributed by atoms with Crippen molar-refractivity contribution in [3.8, 4) is 0 Å². The van der Waals surface area contributed by atoms with Crippen molar-refractivity contribution in [2.45, 2.75) is 0 Å². The molecule has 0 bridgehead atoms. The maximum absolute atomic E-state index is 10.4. The normalized spacial score (nSPS) is 9.64. The van der Waals surface area contributed by atoms with Crippen LogP contribution in [0.4, 0.5) is 5.69 Å². The first-order valence-corrected chi connectivity index (χ1v) is 6.71. The summed E-state index contributed by atoms with van der Waals surface area (Å²) in [6.45, 7) is 0. The van der Waals surface area contributed by atoms with Gasteiger partial charge in [0.1, 0.15) is 0 Å². The zero-order valence-electron chi connectivity index (χ0n) is 6.71. The number of nitrogens with zero attached hydrogens (tertiary/aromatic N) is 1. The third kappa shape index (κ3) is 3.29. The van der Waals surface area contributed by atoms with E-state index in [0.29, 0.717) is 0 Å². The van der Waals surface area contributed by atoms with E-state index >= 15 is 0 Å². The molecular weight excluding hydrogens is 523 g/mol. The van der Waals surface area contributed by atoms with Crippen molar-refractivity contribution < 1.29 is 4.92 Å². The Labute approximate surface area is 122 Å². The molecule has 1 aromatic rings. The van der Waals surface area contributed by atoms with Crippen molar-refractivity contribution in [3.05, 3.63) is 41.5 Å². The standard InChI is InChI=1S/C8H4I3NO2/c9-7(8(10)11)5-1-3-6(4-2-5)12(13)14/h1-4H. The van der Waals surface area contributed by atoms with Crippen molar-refractivity contribution in [2.75, 3.05) is 0 Å². The molecule has 0 atom stereocenters. The lowest BCUT2D eigenvalue weighted by Gasteiger charge is -1.99. The van der Waals surface area contributed by atoms with Crippen LogP contribution in [-0.4, -0.2) is 4.92 Å². The van der Waals surface area contributed by atoms with Crippen LogP contribution < -0.4 is 0 Å². The summed E-state index contributed by atoms with van der Waals surface area (Å²) < 4.78 is 2.26. The lowest BCUT2D eigenvalue weighted by Crippen LogP contribution is -1.87. The number of non-ortho nitro benzene ring substituents is 1. The van der Waals surface area contributed by atoms with Gasteiger partial charge in [-0.15, -0.1) is 0 Å². The van der Waals surface area contributed by atoms with Crippen LogP contribution in [0.25, 0.3) is 3.58 Å². The molecule has 1 aromatic carbocycles. The van der Waals surface area contributed by atoms with Gasteiger partial charge in [0, 0.05) is 15.7 Å². The molecule has 0 fully saturated rings. The monoisotopic (exact) mass is 527 g/mol. The predicted molar refractivity (Wildman–Crippen MR) is 82.1 cm³/mol. The first kappa shape index (κ1) is 12.6. The Morgan fingerprint density at radius 3 is 2.00 bits per heavy atom. The molecule has 0 spiro atoms. The summed E-state index contributed by atoms with van der Waals surface area (Å²) in [6, 6.07) is 6.56. The molecule has 14 heavy (non-hydrogen) atoms. The maximum atomic E-state index is 10.4. The average Bonchev–Trinajstić information content (AvgIpc) is 2.16. The van der Waals surface area contributed by atoms with Gasteiger partial charge in [-0.3, -0.25) is 10.1 Å². The van der Waals surface area contributed by atoms with Gasteiger partial charge in [-0.05, 0) is 85.5 Å². The van der Waals surface area contributed by atoms with Crippen molar-refractivity contribution >= 4 is 77.0 Å². The molecule has 0 aliphatic carbocycles. The van der Waals surface area contributed by atoms with Crippen LogP contribution in [-0.2, 0) is 0 Å². The third-order valence-corrected chi connectivity index (χ3v) is 5.80. The van der Waals surface area contributed by atoms with E-state index in [1.54, 1.807) is 12.1 Å². The molecule has 0 aliphatic rings.